The van der Waals surface area contributed by atoms with Crippen molar-refractivity contribution in [1.29, 1.82) is 0 Å². The molecule has 0 amide bonds. The maximum absolute atomic E-state index is 5.62. The van der Waals surface area contributed by atoms with Crippen LogP contribution in [-0.2, 0) is 13.0 Å². The van der Waals surface area contributed by atoms with E-state index in [1.165, 1.54) is 0 Å². The number of nitrogens with zero attached hydrogens (tertiary/aromatic N) is 5. The summed E-state index contributed by atoms with van der Waals surface area (Å²) in [6.45, 7) is 7.08. The van der Waals surface area contributed by atoms with Crippen molar-refractivity contribution in [2.45, 2.75) is 39.8 Å². The van der Waals surface area contributed by atoms with E-state index in [0.29, 0.717) is 18.2 Å². The molecule has 1 unspecified atom stereocenters. The van der Waals surface area contributed by atoms with Gasteiger partial charge in [-0.3, -0.25) is 5.84 Å². The second-order valence-corrected chi connectivity index (χ2v) is 5.29. The Morgan fingerprint density at radius 3 is 2.55 bits per heavy atom. The zero-order valence-electron chi connectivity index (χ0n) is 12.1. The van der Waals surface area contributed by atoms with Crippen molar-refractivity contribution in [2.24, 2.45) is 11.8 Å². The predicted octanol–water partition coefficient (Wildman–Crippen LogP) is 0.780. The summed E-state index contributed by atoms with van der Waals surface area (Å²) in [6, 6.07) is -0.175. The molecule has 0 aliphatic rings. The minimum atomic E-state index is -0.175. The Morgan fingerprint density at radius 1 is 1.25 bits per heavy atom. The van der Waals surface area contributed by atoms with E-state index in [2.05, 4.69) is 39.3 Å². The van der Waals surface area contributed by atoms with Crippen molar-refractivity contribution in [3.63, 3.8) is 0 Å². The first-order valence-electron chi connectivity index (χ1n) is 6.71. The summed E-state index contributed by atoms with van der Waals surface area (Å²) in [5.41, 5.74) is 3.77. The third-order valence-corrected chi connectivity index (χ3v) is 2.93. The largest absolute Gasteiger partial charge is 0.271 e. The van der Waals surface area contributed by atoms with Gasteiger partial charge in [0.15, 0.2) is 0 Å². The van der Waals surface area contributed by atoms with E-state index in [1.807, 2.05) is 11.6 Å². The van der Waals surface area contributed by atoms with Gasteiger partial charge in [-0.2, -0.15) is 5.10 Å². The maximum Gasteiger partial charge on any atom is 0.146 e. The highest BCUT2D eigenvalue weighted by Crippen LogP contribution is 2.13. The molecule has 0 spiro atoms. The third kappa shape index (κ3) is 3.58. The van der Waals surface area contributed by atoms with Crippen LogP contribution in [-0.4, -0.2) is 24.7 Å². The summed E-state index contributed by atoms with van der Waals surface area (Å²) in [4.78, 5) is 12.9. The van der Waals surface area contributed by atoms with Gasteiger partial charge in [-0.05, 0) is 18.4 Å². The highest BCUT2D eigenvalue weighted by Gasteiger charge is 2.17. The minimum Gasteiger partial charge on any atom is -0.271 e. The van der Waals surface area contributed by atoms with Crippen molar-refractivity contribution < 1.29 is 0 Å². The minimum absolute atomic E-state index is 0.175. The van der Waals surface area contributed by atoms with Gasteiger partial charge in [0.1, 0.15) is 18.0 Å². The first-order valence-corrected chi connectivity index (χ1v) is 6.71. The molecule has 3 N–H and O–H groups in total. The summed E-state index contributed by atoms with van der Waals surface area (Å²) >= 11 is 0. The number of hydrogen-bond donors (Lipinski definition) is 2. The number of hydrogen-bond acceptors (Lipinski definition) is 6. The van der Waals surface area contributed by atoms with Crippen LogP contribution in [0.4, 0.5) is 0 Å². The number of hydrazine groups is 1. The van der Waals surface area contributed by atoms with Crippen molar-refractivity contribution in [3.05, 3.63) is 35.9 Å². The maximum atomic E-state index is 5.62. The molecule has 0 aliphatic carbocycles. The lowest BCUT2D eigenvalue weighted by Gasteiger charge is -2.15. The molecule has 0 radical (unpaired) electrons. The Kier molecular flexibility index (Phi) is 4.75. The Bertz CT molecular complexity index is 532. The molecular formula is C13H21N7. The van der Waals surface area contributed by atoms with Gasteiger partial charge in [-0.25, -0.2) is 25.1 Å². The van der Waals surface area contributed by atoms with Crippen LogP contribution in [0.5, 0.6) is 0 Å². The molecule has 1 atom stereocenters. The van der Waals surface area contributed by atoms with Crippen LogP contribution in [0, 0.1) is 12.8 Å². The smallest absolute Gasteiger partial charge is 0.146 e. The fourth-order valence-corrected chi connectivity index (χ4v) is 1.93. The molecular weight excluding hydrogens is 254 g/mol. The molecule has 20 heavy (non-hydrogen) atoms. The van der Waals surface area contributed by atoms with Gasteiger partial charge in [0, 0.05) is 25.4 Å². The van der Waals surface area contributed by atoms with Crippen LogP contribution < -0.4 is 11.3 Å². The van der Waals surface area contributed by atoms with Crippen molar-refractivity contribution in [2.75, 3.05) is 0 Å². The first-order chi connectivity index (χ1) is 9.60. The third-order valence-electron chi connectivity index (χ3n) is 2.93. The average Bonchev–Trinajstić information content (AvgIpc) is 2.83. The van der Waals surface area contributed by atoms with Gasteiger partial charge in [0.2, 0.25) is 0 Å². The second-order valence-electron chi connectivity index (χ2n) is 5.29. The molecule has 0 aromatic carbocycles. The topological polar surface area (TPSA) is 94.5 Å². The molecule has 2 aromatic heterocycles. The Hall–Kier alpha value is -1.86. The summed E-state index contributed by atoms with van der Waals surface area (Å²) in [5.74, 6) is 7.68. The second kappa shape index (κ2) is 6.53. The molecule has 0 saturated heterocycles. The van der Waals surface area contributed by atoms with E-state index in [-0.39, 0.29) is 6.04 Å². The monoisotopic (exact) mass is 275 g/mol. The fourth-order valence-electron chi connectivity index (χ4n) is 1.93. The van der Waals surface area contributed by atoms with Gasteiger partial charge >= 0.3 is 0 Å². The van der Waals surface area contributed by atoms with Gasteiger partial charge in [-0.1, -0.05) is 13.8 Å². The van der Waals surface area contributed by atoms with E-state index >= 15 is 0 Å². The van der Waals surface area contributed by atoms with Gasteiger partial charge in [0.05, 0.1) is 6.04 Å². The van der Waals surface area contributed by atoms with Crippen LogP contribution >= 0.6 is 0 Å². The van der Waals surface area contributed by atoms with Crippen LogP contribution in [0.1, 0.15) is 37.1 Å². The zero-order valence-corrected chi connectivity index (χ0v) is 12.1. The summed E-state index contributed by atoms with van der Waals surface area (Å²) in [6.07, 6.45) is 5.74. The first kappa shape index (κ1) is 14.5. The van der Waals surface area contributed by atoms with Gasteiger partial charge in [0.25, 0.3) is 0 Å². The molecule has 7 nitrogen and oxygen atoms in total. The lowest BCUT2D eigenvalue weighted by Crippen LogP contribution is -2.32. The van der Waals surface area contributed by atoms with Crippen LogP contribution in [0.3, 0.4) is 0 Å². The number of nitrogens with one attached hydrogen (secondary N) is 1. The normalized spacial score (nSPS) is 12.8. The summed E-state index contributed by atoms with van der Waals surface area (Å²) < 4.78 is 1.91. The summed E-state index contributed by atoms with van der Waals surface area (Å²) in [5, 5.41) is 4.25. The number of aryl methyl sites for hydroxylation is 1. The van der Waals surface area contributed by atoms with E-state index < -0.39 is 0 Å². The fraction of sp³-hybridized carbons (Fsp3) is 0.538. The standard InChI is InChI=1S/C13H21N7/c1-9(2)7-20-12(17-8-18-20)4-11(19-14)13-15-5-10(3)6-16-13/h5-6,8-9,11,19H,4,7,14H2,1-3H3. The Balaban J connectivity index is 2.14. The van der Waals surface area contributed by atoms with E-state index in [0.717, 1.165) is 17.9 Å². The van der Waals surface area contributed by atoms with Crippen LogP contribution in [0.2, 0.25) is 0 Å². The van der Waals surface area contributed by atoms with Gasteiger partial charge in [-0.15, -0.1) is 0 Å². The molecule has 7 heteroatoms. The van der Waals surface area contributed by atoms with Crippen molar-refractivity contribution in [1.82, 2.24) is 30.2 Å². The Morgan fingerprint density at radius 2 is 1.95 bits per heavy atom. The molecule has 0 fully saturated rings. The molecule has 0 bridgehead atoms. The van der Waals surface area contributed by atoms with E-state index in [1.54, 1.807) is 18.7 Å². The number of nitrogens with two attached hydrogens (primary N) is 1. The average molecular weight is 275 g/mol. The number of aromatic nitrogens is 5. The highest BCUT2D eigenvalue weighted by atomic mass is 15.3. The molecule has 2 heterocycles. The van der Waals surface area contributed by atoms with Crippen LogP contribution in [0.15, 0.2) is 18.7 Å². The molecule has 2 rings (SSSR count). The lowest BCUT2D eigenvalue weighted by atomic mass is 10.1. The van der Waals surface area contributed by atoms with E-state index in [9.17, 15) is 0 Å². The SMILES string of the molecule is Cc1cnc(C(Cc2ncnn2CC(C)C)NN)nc1. The zero-order chi connectivity index (χ0) is 14.5. The quantitative estimate of drug-likeness (QED) is 0.597. The number of rotatable bonds is 6. The lowest BCUT2D eigenvalue weighted by molar-refractivity contribution is 0.440. The summed E-state index contributed by atoms with van der Waals surface area (Å²) in [7, 11) is 0. The highest BCUT2D eigenvalue weighted by molar-refractivity contribution is 5.06. The molecule has 0 aliphatic heterocycles. The van der Waals surface area contributed by atoms with Crippen molar-refractivity contribution in [3.8, 4) is 0 Å². The molecule has 108 valence electrons. The molecule has 0 saturated carbocycles. The Labute approximate surface area is 118 Å². The predicted molar refractivity (Wildman–Crippen MR) is 75.4 cm³/mol. The van der Waals surface area contributed by atoms with Crippen LogP contribution in [0.25, 0.3) is 0 Å². The van der Waals surface area contributed by atoms with E-state index in [4.69, 9.17) is 5.84 Å². The molecule has 2 aromatic rings. The van der Waals surface area contributed by atoms with Gasteiger partial charge < -0.3 is 0 Å². The van der Waals surface area contributed by atoms with Crippen molar-refractivity contribution >= 4 is 0 Å².